The summed E-state index contributed by atoms with van der Waals surface area (Å²) in [7, 11) is 3.01. The molecule has 21 heavy (non-hydrogen) atoms. The highest BCUT2D eigenvalue weighted by Crippen LogP contribution is 2.25. The summed E-state index contributed by atoms with van der Waals surface area (Å²) in [6.45, 7) is 0.681. The zero-order chi connectivity index (χ0) is 15.2. The minimum Gasteiger partial charge on any atom is -0.496 e. The Morgan fingerprint density at radius 2 is 1.86 bits per heavy atom. The second kappa shape index (κ2) is 7.13. The number of rotatable bonds is 5. The number of halogens is 1. The Morgan fingerprint density at radius 3 is 2.43 bits per heavy atom. The number of ether oxygens (including phenoxy) is 2. The summed E-state index contributed by atoms with van der Waals surface area (Å²) in [5.41, 5.74) is 2.60. The third kappa shape index (κ3) is 3.98. The summed E-state index contributed by atoms with van der Waals surface area (Å²) >= 11 is 3.46. The monoisotopic (exact) mass is 349 g/mol. The van der Waals surface area contributed by atoms with Gasteiger partial charge in [0.1, 0.15) is 5.75 Å². The van der Waals surface area contributed by atoms with E-state index in [0.717, 1.165) is 21.5 Å². The predicted octanol–water partition coefficient (Wildman–Crippen LogP) is 3.86. The minimum atomic E-state index is -0.333. The summed E-state index contributed by atoms with van der Waals surface area (Å²) in [6.07, 6.45) is 0. The lowest BCUT2D eigenvalue weighted by atomic mass is 10.2. The minimum absolute atomic E-state index is 0.333. The predicted molar refractivity (Wildman–Crippen MR) is 85.8 cm³/mol. The van der Waals surface area contributed by atoms with Crippen molar-refractivity contribution >= 4 is 27.6 Å². The average Bonchev–Trinajstić information content (AvgIpc) is 2.52. The van der Waals surface area contributed by atoms with Gasteiger partial charge >= 0.3 is 5.97 Å². The fourth-order valence-corrected chi connectivity index (χ4v) is 2.45. The van der Waals surface area contributed by atoms with Crippen LogP contribution in [-0.4, -0.2) is 20.2 Å². The Labute approximate surface area is 132 Å². The Balaban J connectivity index is 1.99. The van der Waals surface area contributed by atoms with Gasteiger partial charge in [-0.2, -0.15) is 0 Å². The number of anilines is 1. The van der Waals surface area contributed by atoms with E-state index in [2.05, 4.69) is 26.0 Å². The second-order valence-corrected chi connectivity index (χ2v) is 5.25. The van der Waals surface area contributed by atoms with Crippen LogP contribution in [-0.2, 0) is 11.3 Å². The number of carbonyl (C=O) groups excluding carboxylic acids is 1. The number of benzene rings is 2. The zero-order valence-electron chi connectivity index (χ0n) is 11.9. The van der Waals surface area contributed by atoms with Gasteiger partial charge in [-0.05, 0) is 57.9 Å². The Morgan fingerprint density at radius 1 is 1.14 bits per heavy atom. The van der Waals surface area contributed by atoms with Crippen molar-refractivity contribution in [3.8, 4) is 5.75 Å². The van der Waals surface area contributed by atoms with E-state index in [1.165, 1.54) is 7.11 Å². The van der Waals surface area contributed by atoms with Crippen LogP contribution in [0.5, 0.6) is 5.75 Å². The number of hydrogen-bond acceptors (Lipinski definition) is 4. The van der Waals surface area contributed by atoms with Crippen molar-refractivity contribution in [1.82, 2.24) is 0 Å². The van der Waals surface area contributed by atoms with E-state index in [1.807, 2.05) is 30.3 Å². The molecule has 0 amide bonds. The molecule has 2 aromatic rings. The summed E-state index contributed by atoms with van der Waals surface area (Å²) in [6, 6.07) is 13.1. The smallest absolute Gasteiger partial charge is 0.337 e. The van der Waals surface area contributed by atoms with Crippen LogP contribution in [0.2, 0.25) is 0 Å². The van der Waals surface area contributed by atoms with E-state index < -0.39 is 0 Å². The molecule has 0 heterocycles. The quantitative estimate of drug-likeness (QED) is 0.832. The topological polar surface area (TPSA) is 47.6 Å². The Bertz CT molecular complexity index is 626. The van der Waals surface area contributed by atoms with Gasteiger partial charge < -0.3 is 14.8 Å². The lowest BCUT2D eigenvalue weighted by Gasteiger charge is -2.09. The van der Waals surface area contributed by atoms with Crippen LogP contribution in [0.4, 0.5) is 5.69 Å². The maximum absolute atomic E-state index is 11.3. The zero-order valence-corrected chi connectivity index (χ0v) is 13.4. The summed E-state index contributed by atoms with van der Waals surface area (Å²) in [4.78, 5) is 11.3. The van der Waals surface area contributed by atoms with Gasteiger partial charge in [0.25, 0.3) is 0 Å². The van der Waals surface area contributed by atoms with Crippen LogP contribution in [0.15, 0.2) is 46.9 Å². The average molecular weight is 350 g/mol. The first kappa shape index (κ1) is 15.4. The maximum atomic E-state index is 11.3. The molecule has 0 bridgehead atoms. The third-order valence-corrected chi connectivity index (χ3v) is 3.64. The molecule has 2 rings (SSSR count). The van der Waals surface area contributed by atoms with Crippen molar-refractivity contribution in [3.63, 3.8) is 0 Å². The molecule has 0 saturated carbocycles. The molecule has 110 valence electrons. The lowest BCUT2D eigenvalue weighted by Crippen LogP contribution is -2.02. The summed E-state index contributed by atoms with van der Waals surface area (Å²) in [5.74, 6) is 0.474. The second-order valence-electron chi connectivity index (χ2n) is 4.39. The van der Waals surface area contributed by atoms with Gasteiger partial charge in [0.15, 0.2) is 0 Å². The van der Waals surface area contributed by atoms with E-state index in [4.69, 9.17) is 4.74 Å². The molecule has 5 heteroatoms. The molecule has 1 N–H and O–H groups in total. The van der Waals surface area contributed by atoms with Crippen LogP contribution < -0.4 is 10.1 Å². The van der Waals surface area contributed by atoms with Crippen LogP contribution in [0.25, 0.3) is 0 Å². The Kier molecular flexibility index (Phi) is 5.22. The first-order valence-corrected chi connectivity index (χ1v) is 7.18. The van der Waals surface area contributed by atoms with Crippen LogP contribution >= 0.6 is 15.9 Å². The standard InChI is InChI=1S/C16H16BrNO3/c1-20-15-8-3-11(9-14(15)17)10-18-13-6-4-12(5-7-13)16(19)21-2/h3-9,18H,10H2,1-2H3. The molecule has 0 aliphatic heterocycles. The first-order chi connectivity index (χ1) is 10.1. The van der Waals surface area contributed by atoms with E-state index in [9.17, 15) is 4.79 Å². The fourth-order valence-electron chi connectivity index (χ4n) is 1.87. The van der Waals surface area contributed by atoms with Gasteiger partial charge in [0, 0.05) is 12.2 Å². The number of hydrogen-bond donors (Lipinski definition) is 1. The van der Waals surface area contributed by atoms with Crippen molar-refractivity contribution in [2.45, 2.75) is 6.54 Å². The molecule has 2 aromatic carbocycles. The van der Waals surface area contributed by atoms with Crippen LogP contribution in [0.3, 0.4) is 0 Å². The van der Waals surface area contributed by atoms with Crippen LogP contribution in [0, 0.1) is 0 Å². The van der Waals surface area contributed by atoms with Crippen molar-refractivity contribution in [3.05, 3.63) is 58.1 Å². The lowest BCUT2D eigenvalue weighted by molar-refractivity contribution is 0.0601. The van der Waals surface area contributed by atoms with Gasteiger partial charge in [-0.15, -0.1) is 0 Å². The third-order valence-electron chi connectivity index (χ3n) is 3.02. The molecule has 0 aliphatic carbocycles. The van der Waals surface area contributed by atoms with Crippen molar-refractivity contribution < 1.29 is 14.3 Å². The SMILES string of the molecule is COC(=O)c1ccc(NCc2ccc(OC)c(Br)c2)cc1. The van der Waals surface area contributed by atoms with E-state index in [1.54, 1.807) is 19.2 Å². The number of nitrogens with one attached hydrogen (secondary N) is 1. The largest absolute Gasteiger partial charge is 0.496 e. The molecule has 0 radical (unpaired) electrons. The molecule has 0 fully saturated rings. The molecule has 0 aliphatic rings. The fraction of sp³-hybridized carbons (Fsp3) is 0.188. The molecule has 0 spiro atoms. The van der Waals surface area contributed by atoms with Crippen molar-refractivity contribution in [2.75, 3.05) is 19.5 Å². The highest BCUT2D eigenvalue weighted by molar-refractivity contribution is 9.10. The van der Waals surface area contributed by atoms with Gasteiger partial charge in [0.2, 0.25) is 0 Å². The summed E-state index contributed by atoms with van der Waals surface area (Å²) in [5, 5.41) is 3.30. The normalized spacial score (nSPS) is 10.0. The summed E-state index contributed by atoms with van der Waals surface area (Å²) < 4.78 is 10.8. The Hall–Kier alpha value is -2.01. The van der Waals surface area contributed by atoms with E-state index in [0.29, 0.717) is 12.1 Å². The van der Waals surface area contributed by atoms with Crippen molar-refractivity contribution in [1.29, 1.82) is 0 Å². The first-order valence-electron chi connectivity index (χ1n) is 6.38. The van der Waals surface area contributed by atoms with E-state index in [-0.39, 0.29) is 5.97 Å². The molecular formula is C16H16BrNO3. The van der Waals surface area contributed by atoms with Gasteiger partial charge in [-0.1, -0.05) is 6.07 Å². The molecule has 0 atom stereocenters. The van der Waals surface area contributed by atoms with E-state index >= 15 is 0 Å². The number of methoxy groups -OCH3 is 2. The van der Waals surface area contributed by atoms with Gasteiger partial charge in [0.05, 0.1) is 24.3 Å². The number of carbonyl (C=O) groups is 1. The maximum Gasteiger partial charge on any atom is 0.337 e. The van der Waals surface area contributed by atoms with Gasteiger partial charge in [-0.3, -0.25) is 0 Å². The van der Waals surface area contributed by atoms with Crippen molar-refractivity contribution in [2.24, 2.45) is 0 Å². The van der Waals surface area contributed by atoms with Crippen LogP contribution in [0.1, 0.15) is 15.9 Å². The molecule has 0 unspecified atom stereocenters. The number of esters is 1. The molecule has 0 aromatic heterocycles. The molecule has 4 nitrogen and oxygen atoms in total. The van der Waals surface area contributed by atoms with Gasteiger partial charge in [-0.25, -0.2) is 4.79 Å². The highest BCUT2D eigenvalue weighted by Gasteiger charge is 2.05. The highest BCUT2D eigenvalue weighted by atomic mass is 79.9. The molecule has 0 saturated heterocycles. The molecular weight excluding hydrogens is 334 g/mol.